The molecular weight excluding hydrogens is 414 g/mol. The van der Waals surface area contributed by atoms with Crippen LogP contribution in [0.3, 0.4) is 0 Å². The molecule has 3 aromatic rings. The molecule has 0 saturated heterocycles. The number of benzene rings is 2. The van der Waals surface area contributed by atoms with Crippen LogP contribution in [-0.4, -0.2) is 22.8 Å². The van der Waals surface area contributed by atoms with Gasteiger partial charge >= 0.3 is 12.6 Å². The number of halogens is 3. The summed E-state index contributed by atoms with van der Waals surface area (Å²) in [5, 5.41) is 7.72. The van der Waals surface area contributed by atoms with Crippen LogP contribution in [0, 0.1) is 0 Å². The Hall–Kier alpha value is -2.81. The Morgan fingerprint density at radius 1 is 1.15 bits per heavy atom. The van der Waals surface area contributed by atoms with Crippen molar-refractivity contribution in [3.8, 4) is 17.2 Å². The van der Waals surface area contributed by atoms with E-state index >= 15 is 0 Å². The second-order valence-corrected chi connectivity index (χ2v) is 5.82. The molecule has 9 heteroatoms. The minimum Gasteiger partial charge on any atom is -0.452 e. The van der Waals surface area contributed by atoms with Crippen molar-refractivity contribution in [2.45, 2.75) is 13.2 Å². The number of alkyl halides is 2. The van der Waals surface area contributed by atoms with Crippen LogP contribution in [0.5, 0.6) is 5.75 Å². The lowest BCUT2D eigenvalue weighted by Crippen LogP contribution is -2.07. The normalized spacial score (nSPS) is 10.8. The number of carbonyl (C=O) groups excluding carboxylic acids is 1. The van der Waals surface area contributed by atoms with Gasteiger partial charge in [0.05, 0.1) is 11.1 Å². The average molecular weight is 425 g/mol. The maximum absolute atomic E-state index is 12.2. The van der Waals surface area contributed by atoms with Crippen molar-refractivity contribution in [2.75, 3.05) is 0 Å². The lowest BCUT2D eigenvalue weighted by molar-refractivity contribution is -0.0499. The van der Waals surface area contributed by atoms with Crippen molar-refractivity contribution >= 4 is 21.9 Å². The standard InChI is InChI=1S/C17H11BrF2N2O4/c18-13-7-2-1-6-12(13)15-22-21-14(26-15)9-24-16(23)10-4-3-5-11(8-10)25-17(19)20/h1-8,17H,9H2. The molecule has 6 nitrogen and oxygen atoms in total. The van der Waals surface area contributed by atoms with E-state index in [1.54, 1.807) is 6.07 Å². The largest absolute Gasteiger partial charge is 0.452 e. The third-order valence-electron chi connectivity index (χ3n) is 3.19. The topological polar surface area (TPSA) is 74.5 Å². The predicted molar refractivity (Wildman–Crippen MR) is 89.6 cm³/mol. The Morgan fingerprint density at radius 2 is 1.96 bits per heavy atom. The van der Waals surface area contributed by atoms with Gasteiger partial charge in [-0.1, -0.05) is 18.2 Å². The van der Waals surface area contributed by atoms with Crippen LogP contribution in [0.25, 0.3) is 11.5 Å². The summed E-state index contributed by atoms with van der Waals surface area (Å²) < 4.78 is 40.0. The van der Waals surface area contributed by atoms with Gasteiger partial charge in [-0.05, 0) is 46.3 Å². The van der Waals surface area contributed by atoms with E-state index < -0.39 is 12.6 Å². The molecule has 26 heavy (non-hydrogen) atoms. The fourth-order valence-corrected chi connectivity index (χ4v) is 2.52. The summed E-state index contributed by atoms with van der Waals surface area (Å²) in [5.74, 6) is -0.492. The number of rotatable bonds is 6. The Kier molecular flexibility index (Phi) is 5.57. The fourth-order valence-electron chi connectivity index (χ4n) is 2.07. The van der Waals surface area contributed by atoms with Crippen LogP contribution in [0.4, 0.5) is 8.78 Å². The molecule has 0 atom stereocenters. The van der Waals surface area contributed by atoms with Crippen molar-refractivity contribution in [2.24, 2.45) is 0 Å². The summed E-state index contributed by atoms with van der Waals surface area (Å²) in [5.41, 5.74) is 0.767. The number of esters is 1. The molecule has 0 N–H and O–H groups in total. The Morgan fingerprint density at radius 3 is 2.73 bits per heavy atom. The molecule has 134 valence electrons. The van der Waals surface area contributed by atoms with Crippen LogP contribution in [0.1, 0.15) is 16.2 Å². The molecule has 0 amide bonds. The molecule has 0 aliphatic heterocycles. The molecule has 0 unspecified atom stereocenters. The smallest absolute Gasteiger partial charge is 0.387 e. The summed E-state index contributed by atoms with van der Waals surface area (Å²) in [7, 11) is 0. The lowest BCUT2D eigenvalue weighted by atomic mass is 10.2. The van der Waals surface area contributed by atoms with Crippen molar-refractivity contribution in [3.05, 3.63) is 64.5 Å². The third kappa shape index (κ3) is 4.42. The zero-order valence-corrected chi connectivity index (χ0v) is 14.7. The maximum Gasteiger partial charge on any atom is 0.387 e. The summed E-state index contributed by atoms with van der Waals surface area (Å²) in [6, 6.07) is 12.6. The first kappa shape index (κ1) is 18.0. The van der Waals surface area contributed by atoms with E-state index in [1.807, 2.05) is 18.2 Å². The first-order valence-corrected chi connectivity index (χ1v) is 8.11. The predicted octanol–water partition coefficient (Wildman–Crippen LogP) is 4.46. The molecule has 0 saturated carbocycles. The molecule has 0 aliphatic carbocycles. The second kappa shape index (κ2) is 8.05. The zero-order chi connectivity index (χ0) is 18.5. The van der Waals surface area contributed by atoms with Crippen LogP contribution in [-0.2, 0) is 11.3 Å². The molecule has 1 heterocycles. The number of hydrogen-bond acceptors (Lipinski definition) is 6. The summed E-state index contributed by atoms with van der Waals surface area (Å²) >= 11 is 3.38. The average Bonchev–Trinajstić information content (AvgIpc) is 3.08. The van der Waals surface area contributed by atoms with Crippen molar-refractivity contribution in [1.29, 1.82) is 0 Å². The van der Waals surface area contributed by atoms with Gasteiger partial charge in [-0.2, -0.15) is 8.78 Å². The number of ether oxygens (including phenoxy) is 2. The van der Waals surface area contributed by atoms with Crippen LogP contribution >= 0.6 is 15.9 Å². The van der Waals surface area contributed by atoms with Gasteiger partial charge in [0.2, 0.25) is 5.89 Å². The van der Waals surface area contributed by atoms with Gasteiger partial charge in [0.25, 0.3) is 5.89 Å². The second-order valence-electron chi connectivity index (χ2n) is 4.96. The number of carbonyl (C=O) groups is 1. The summed E-state index contributed by atoms with van der Waals surface area (Å²) in [4.78, 5) is 12.0. The number of nitrogens with zero attached hydrogens (tertiary/aromatic N) is 2. The van der Waals surface area contributed by atoms with Gasteiger partial charge < -0.3 is 13.9 Å². The summed E-state index contributed by atoms with van der Waals surface area (Å²) in [6.45, 7) is -3.23. The Balaban J connectivity index is 1.64. The fraction of sp³-hybridized carbons (Fsp3) is 0.118. The van der Waals surface area contributed by atoms with E-state index in [1.165, 1.54) is 18.2 Å². The quantitative estimate of drug-likeness (QED) is 0.543. The van der Waals surface area contributed by atoms with E-state index in [9.17, 15) is 13.6 Å². The SMILES string of the molecule is O=C(OCc1nnc(-c2ccccc2Br)o1)c1cccc(OC(F)F)c1. The molecule has 0 spiro atoms. The number of aromatic nitrogens is 2. The van der Waals surface area contributed by atoms with Gasteiger partial charge in [-0.25, -0.2) is 4.79 Å². The van der Waals surface area contributed by atoms with E-state index in [4.69, 9.17) is 9.15 Å². The molecule has 0 radical (unpaired) electrons. The van der Waals surface area contributed by atoms with E-state index in [0.717, 1.165) is 10.5 Å². The molecule has 1 aromatic heterocycles. The van der Waals surface area contributed by atoms with Crippen molar-refractivity contribution in [3.63, 3.8) is 0 Å². The van der Waals surface area contributed by atoms with E-state index in [0.29, 0.717) is 5.56 Å². The molecule has 2 aromatic carbocycles. The minimum atomic E-state index is -2.98. The van der Waals surface area contributed by atoms with Crippen LogP contribution in [0.15, 0.2) is 57.4 Å². The first-order valence-electron chi connectivity index (χ1n) is 7.32. The van der Waals surface area contributed by atoms with Gasteiger partial charge in [0.15, 0.2) is 6.61 Å². The molecule has 0 aliphatic rings. The van der Waals surface area contributed by atoms with Gasteiger partial charge in [0, 0.05) is 4.47 Å². The highest BCUT2D eigenvalue weighted by Crippen LogP contribution is 2.26. The first-order chi connectivity index (χ1) is 12.5. The molecular formula is C17H11BrF2N2O4. The lowest BCUT2D eigenvalue weighted by Gasteiger charge is -2.06. The molecule has 3 rings (SSSR count). The molecule has 0 bridgehead atoms. The van der Waals surface area contributed by atoms with Crippen molar-refractivity contribution < 1.29 is 27.5 Å². The highest BCUT2D eigenvalue weighted by Gasteiger charge is 2.15. The molecule has 0 fully saturated rings. The van der Waals surface area contributed by atoms with Crippen LogP contribution < -0.4 is 4.74 Å². The highest BCUT2D eigenvalue weighted by atomic mass is 79.9. The maximum atomic E-state index is 12.2. The summed E-state index contributed by atoms with van der Waals surface area (Å²) in [6.07, 6.45) is 0. The zero-order valence-electron chi connectivity index (χ0n) is 13.1. The van der Waals surface area contributed by atoms with Gasteiger partial charge in [-0.15, -0.1) is 10.2 Å². The van der Waals surface area contributed by atoms with E-state index in [2.05, 4.69) is 30.9 Å². The van der Waals surface area contributed by atoms with Gasteiger partial charge in [-0.3, -0.25) is 0 Å². The Labute approximate surface area is 154 Å². The minimum absolute atomic E-state index is 0.0636. The number of hydrogen-bond donors (Lipinski definition) is 0. The van der Waals surface area contributed by atoms with Gasteiger partial charge in [0.1, 0.15) is 5.75 Å². The highest BCUT2D eigenvalue weighted by molar-refractivity contribution is 9.10. The third-order valence-corrected chi connectivity index (χ3v) is 3.88. The van der Waals surface area contributed by atoms with E-state index in [-0.39, 0.29) is 29.7 Å². The van der Waals surface area contributed by atoms with Crippen LogP contribution in [0.2, 0.25) is 0 Å². The van der Waals surface area contributed by atoms with Crippen molar-refractivity contribution in [1.82, 2.24) is 10.2 Å². The monoisotopic (exact) mass is 424 g/mol. The Bertz CT molecular complexity index is 917.